The molecule has 0 bridgehead atoms. The van der Waals surface area contributed by atoms with Crippen molar-refractivity contribution in [1.29, 1.82) is 0 Å². The zero-order valence-electron chi connectivity index (χ0n) is 16.7. The Labute approximate surface area is 183 Å². The van der Waals surface area contributed by atoms with Gasteiger partial charge in [0.25, 0.3) is 0 Å². The smallest absolute Gasteiger partial charge is 0.321 e. The molecule has 0 aromatic heterocycles. The van der Waals surface area contributed by atoms with Crippen molar-refractivity contribution in [2.24, 2.45) is 5.41 Å². The third-order valence-corrected chi connectivity index (χ3v) is 4.61. The fourth-order valence-corrected chi connectivity index (χ4v) is 2.27. The van der Waals surface area contributed by atoms with Gasteiger partial charge in [0.1, 0.15) is 18.0 Å². The second kappa shape index (κ2) is 15.3. The van der Waals surface area contributed by atoms with Crippen LogP contribution in [-0.2, 0) is 38.1 Å². The van der Waals surface area contributed by atoms with Crippen LogP contribution >= 0.6 is 15.9 Å². The highest BCUT2D eigenvalue weighted by atomic mass is 79.9. The summed E-state index contributed by atoms with van der Waals surface area (Å²) in [6, 6.07) is 0. The number of aliphatic hydroxyl groups excluding tert-OH is 1. The first-order chi connectivity index (χ1) is 14.2. The van der Waals surface area contributed by atoms with Crippen LogP contribution in [0.4, 0.5) is 0 Å². The fraction of sp³-hybridized carbons (Fsp3) is 0.600. The number of carbonyl (C=O) groups excluding carboxylic acids is 4. The van der Waals surface area contributed by atoms with Crippen LogP contribution in [0.3, 0.4) is 0 Å². The summed E-state index contributed by atoms with van der Waals surface area (Å²) in [7, 11) is 0. The highest BCUT2D eigenvalue weighted by molar-refractivity contribution is 9.10. The lowest BCUT2D eigenvalue weighted by atomic mass is 9.88. The quantitative estimate of drug-likeness (QED) is 0.163. The number of aliphatic hydroxyl groups is 1. The minimum Gasteiger partial charge on any atom is -0.465 e. The summed E-state index contributed by atoms with van der Waals surface area (Å²) < 4.78 is 19.6. The molecule has 0 rings (SSSR count). The third kappa shape index (κ3) is 11.4. The predicted octanol–water partition coefficient (Wildman–Crippen LogP) is 0.748. The summed E-state index contributed by atoms with van der Waals surface area (Å²) in [6.07, 6.45) is 9.54. The summed E-state index contributed by atoms with van der Waals surface area (Å²) in [5.74, 6) is 1.53. The van der Waals surface area contributed by atoms with Gasteiger partial charge in [-0.25, -0.2) is 0 Å². The second-order valence-corrected chi connectivity index (χ2v) is 7.29. The molecule has 0 aliphatic rings. The number of rotatable bonds is 14. The van der Waals surface area contributed by atoms with E-state index in [9.17, 15) is 24.3 Å². The van der Waals surface area contributed by atoms with Gasteiger partial charge in [0.2, 0.25) is 0 Å². The minimum atomic E-state index is -1.03. The molecule has 30 heavy (non-hydrogen) atoms. The first kappa shape index (κ1) is 27.4. The number of hydrogen-bond donors (Lipinski definition) is 1. The third-order valence-electron chi connectivity index (χ3n) is 3.91. The van der Waals surface area contributed by atoms with E-state index in [4.69, 9.17) is 27.1 Å². The number of esters is 4. The average Bonchev–Trinajstić information content (AvgIpc) is 2.74. The average molecular weight is 489 g/mol. The molecular formula is C20H25BrO9. The summed E-state index contributed by atoms with van der Waals surface area (Å²) >= 11 is 3.01. The first-order valence-electron chi connectivity index (χ1n) is 8.99. The molecule has 9 nitrogen and oxygen atoms in total. The molecule has 0 aromatic carbocycles. The van der Waals surface area contributed by atoms with Crippen LogP contribution in [-0.4, -0.2) is 66.8 Å². The van der Waals surface area contributed by atoms with Gasteiger partial charge < -0.3 is 24.1 Å². The standard InChI is InChI=1S/C20H25BrO9/c1-4-9-27-16(23)7-8-17(24)29-13-20(6-3,12-22)14-30-18(25)11-15(21)19(26)28-10-5-2/h1-2,15,22H,6-14H2,3H3. The molecule has 0 saturated carbocycles. The van der Waals surface area contributed by atoms with Gasteiger partial charge in [0, 0.05) is 0 Å². The second-order valence-electron chi connectivity index (χ2n) is 6.18. The Hall–Kier alpha value is -2.56. The number of terminal acetylenes is 2. The van der Waals surface area contributed by atoms with Gasteiger partial charge in [-0.2, -0.15) is 0 Å². The number of alkyl halides is 1. The van der Waals surface area contributed by atoms with Gasteiger partial charge in [-0.15, -0.1) is 12.8 Å². The molecule has 0 aliphatic heterocycles. The van der Waals surface area contributed by atoms with E-state index in [1.54, 1.807) is 6.92 Å². The molecule has 0 fully saturated rings. The highest BCUT2D eigenvalue weighted by Gasteiger charge is 2.32. The molecule has 0 aromatic rings. The molecular weight excluding hydrogens is 464 g/mol. The maximum absolute atomic E-state index is 12.0. The van der Waals surface area contributed by atoms with Crippen molar-refractivity contribution >= 4 is 39.8 Å². The van der Waals surface area contributed by atoms with Crippen molar-refractivity contribution in [3.8, 4) is 24.7 Å². The van der Waals surface area contributed by atoms with E-state index in [1.165, 1.54) is 0 Å². The lowest BCUT2D eigenvalue weighted by Gasteiger charge is -2.29. The Balaban J connectivity index is 4.51. The van der Waals surface area contributed by atoms with Crippen LogP contribution in [0, 0.1) is 30.1 Å². The highest BCUT2D eigenvalue weighted by Crippen LogP contribution is 2.23. The lowest BCUT2D eigenvalue weighted by molar-refractivity contribution is -0.159. The van der Waals surface area contributed by atoms with Crippen molar-refractivity contribution in [2.75, 3.05) is 33.0 Å². The predicted molar refractivity (Wildman–Crippen MR) is 108 cm³/mol. The summed E-state index contributed by atoms with van der Waals surface area (Å²) in [5.41, 5.74) is -1.03. The van der Waals surface area contributed by atoms with Gasteiger partial charge in [0.05, 0.1) is 31.3 Å². The number of halogens is 1. The molecule has 1 N–H and O–H groups in total. The molecule has 0 radical (unpaired) electrons. The van der Waals surface area contributed by atoms with Gasteiger partial charge in [-0.05, 0) is 6.42 Å². The molecule has 10 heteroatoms. The molecule has 0 saturated heterocycles. The number of hydrogen-bond acceptors (Lipinski definition) is 9. The van der Waals surface area contributed by atoms with Gasteiger partial charge in [-0.1, -0.05) is 34.7 Å². The van der Waals surface area contributed by atoms with Gasteiger partial charge >= 0.3 is 23.9 Å². The lowest BCUT2D eigenvalue weighted by Crippen LogP contribution is -2.37. The Morgan fingerprint density at radius 3 is 1.93 bits per heavy atom. The van der Waals surface area contributed by atoms with Crippen molar-refractivity contribution in [3.05, 3.63) is 0 Å². The largest absolute Gasteiger partial charge is 0.465 e. The van der Waals surface area contributed by atoms with E-state index in [0.717, 1.165) is 0 Å². The maximum Gasteiger partial charge on any atom is 0.321 e. The van der Waals surface area contributed by atoms with Crippen LogP contribution in [0.5, 0.6) is 0 Å². The van der Waals surface area contributed by atoms with E-state index in [-0.39, 0.29) is 45.7 Å². The summed E-state index contributed by atoms with van der Waals surface area (Å²) in [4.78, 5) is 45.7. The maximum atomic E-state index is 12.0. The van der Waals surface area contributed by atoms with Crippen molar-refractivity contribution in [1.82, 2.24) is 0 Å². The molecule has 2 unspecified atom stereocenters. The molecule has 0 heterocycles. The Morgan fingerprint density at radius 1 is 0.933 bits per heavy atom. The molecule has 0 amide bonds. The van der Waals surface area contributed by atoms with E-state index in [0.29, 0.717) is 6.42 Å². The first-order valence-corrected chi connectivity index (χ1v) is 9.90. The molecule has 2 atom stereocenters. The number of carbonyl (C=O) groups is 4. The molecule has 166 valence electrons. The summed E-state index contributed by atoms with van der Waals surface area (Å²) in [5, 5.41) is 9.71. The Kier molecular flexibility index (Phi) is 14.0. The van der Waals surface area contributed by atoms with Gasteiger partial charge in [0.15, 0.2) is 13.2 Å². The van der Waals surface area contributed by atoms with E-state index >= 15 is 0 Å². The van der Waals surface area contributed by atoms with E-state index in [2.05, 4.69) is 32.5 Å². The SMILES string of the molecule is C#CCOC(=O)CCC(=O)OCC(CC)(CO)COC(=O)CC(Br)C(=O)OCC#C. The van der Waals surface area contributed by atoms with Crippen molar-refractivity contribution < 1.29 is 43.2 Å². The minimum absolute atomic E-state index is 0.181. The van der Waals surface area contributed by atoms with Crippen LogP contribution in [0.2, 0.25) is 0 Å². The fourth-order valence-electron chi connectivity index (χ4n) is 1.88. The van der Waals surface area contributed by atoms with Crippen molar-refractivity contribution in [2.45, 2.75) is 37.4 Å². The van der Waals surface area contributed by atoms with Crippen molar-refractivity contribution in [3.63, 3.8) is 0 Å². The van der Waals surface area contributed by atoms with E-state index < -0.39 is 40.7 Å². The topological polar surface area (TPSA) is 125 Å². The Bertz CT molecular complexity index is 671. The normalized spacial score (nSPS) is 13.0. The zero-order chi connectivity index (χ0) is 23.0. The zero-order valence-corrected chi connectivity index (χ0v) is 18.3. The Morgan fingerprint density at radius 2 is 1.43 bits per heavy atom. The molecule has 0 aliphatic carbocycles. The number of ether oxygens (including phenoxy) is 4. The monoisotopic (exact) mass is 488 g/mol. The van der Waals surface area contributed by atoms with Crippen LogP contribution in [0.1, 0.15) is 32.6 Å². The van der Waals surface area contributed by atoms with Crippen LogP contribution in [0.25, 0.3) is 0 Å². The summed E-state index contributed by atoms with van der Waals surface area (Å²) in [6.45, 7) is 0.435. The van der Waals surface area contributed by atoms with E-state index in [1.807, 2.05) is 0 Å². The van der Waals surface area contributed by atoms with Crippen LogP contribution < -0.4 is 0 Å². The van der Waals surface area contributed by atoms with Gasteiger partial charge in [-0.3, -0.25) is 19.2 Å². The molecule has 0 spiro atoms. The van der Waals surface area contributed by atoms with Crippen LogP contribution in [0.15, 0.2) is 0 Å².